The van der Waals surface area contributed by atoms with E-state index in [4.69, 9.17) is 15.9 Å². The van der Waals surface area contributed by atoms with E-state index in [0.717, 1.165) is 16.3 Å². The molecule has 3 amide bonds. The van der Waals surface area contributed by atoms with E-state index in [-0.39, 0.29) is 31.8 Å². The second kappa shape index (κ2) is 12.2. The Hall–Kier alpha value is -4.40. The van der Waals surface area contributed by atoms with Crippen molar-refractivity contribution in [2.45, 2.75) is 25.8 Å². The van der Waals surface area contributed by atoms with Crippen LogP contribution < -0.4 is 21.7 Å². The highest BCUT2D eigenvalue weighted by Crippen LogP contribution is 2.17. The molecule has 3 aromatic carbocycles. The van der Waals surface area contributed by atoms with Crippen molar-refractivity contribution in [1.82, 2.24) is 10.6 Å². The largest absolute Gasteiger partial charge is 0.466 e. The molecule has 9 nitrogen and oxygen atoms in total. The summed E-state index contributed by atoms with van der Waals surface area (Å²) in [7, 11) is 0. The maximum Gasteiger partial charge on any atom is 0.319 e. The van der Waals surface area contributed by atoms with Gasteiger partial charge >= 0.3 is 12.0 Å². The Bertz CT molecular complexity index is 1210. The summed E-state index contributed by atoms with van der Waals surface area (Å²) in [6, 6.07) is 18.8. The summed E-state index contributed by atoms with van der Waals surface area (Å²) in [6.07, 6.45) is 0.295. The van der Waals surface area contributed by atoms with Crippen LogP contribution in [0, 0.1) is 5.41 Å². The zero-order valence-electron chi connectivity index (χ0n) is 19.5. The summed E-state index contributed by atoms with van der Waals surface area (Å²) in [5, 5.41) is 17.7. The molecule has 0 unspecified atom stereocenters. The van der Waals surface area contributed by atoms with Crippen molar-refractivity contribution in [3.63, 3.8) is 0 Å². The zero-order valence-corrected chi connectivity index (χ0v) is 19.5. The van der Waals surface area contributed by atoms with Crippen LogP contribution in [-0.4, -0.2) is 42.9 Å². The maximum atomic E-state index is 12.9. The van der Waals surface area contributed by atoms with Gasteiger partial charge in [-0.15, -0.1) is 0 Å². The van der Waals surface area contributed by atoms with Crippen molar-refractivity contribution in [3.8, 4) is 0 Å². The van der Waals surface area contributed by atoms with Gasteiger partial charge in [-0.25, -0.2) is 4.79 Å². The topological polar surface area (TPSA) is 146 Å². The van der Waals surface area contributed by atoms with Crippen LogP contribution in [0.4, 0.5) is 10.5 Å². The van der Waals surface area contributed by atoms with E-state index in [0.29, 0.717) is 11.3 Å². The minimum Gasteiger partial charge on any atom is -0.466 e. The molecule has 3 rings (SSSR count). The molecule has 0 aliphatic heterocycles. The second-order valence-electron chi connectivity index (χ2n) is 7.87. The molecule has 0 fully saturated rings. The van der Waals surface area contributed by atoms with Gasteiger partial charge in [-0.2, -0.15) is 0 Å². The lowest BCUT2D eigenvalue weighted by Gasteiger charge is -2.19. The maximum absolute atomic E-state index is 12.9. The van der Waals surface area contributed by atoms with Crippen molar-refractivity contribution >= 4 is 40.2 Å². The number of esters is 1. The summed E-state index contributed by atoms with van der Waals surface area (Å²) in [4.78, 5) is 37.2. The number of nitrogens with two attached hydrogens (primary N) is 1. The standard InChI is InChI=1S/C26H29N5O4/c1-2-35-23(32)13-14-29-25(33)22(16-17-7-8-18-5-3-4-6-20(18)15-17)31-26(34)30-21-11-9-19(10-12-21)24(27)28/h3-12,15,22H,2,13-14,16H2,1H3,(H3,27,28)(H,29,33)(H2,30,31,34)/t22-/m0/s1. The molecule has 182 valence electrons. The van der Waals surface area contributed by atoms with E-state index in [2.05, 4.69) is 16.0 Å². The molecule has 0 saturated heterocycles. The van der Waals surface area contributed by atoms with Crippen molar-refractivity contribution in [3.05, 3.63) is 77.9 Å². The van der Waals surface area contributed by atoms with E-state index < -0.39 is 23.9 Å². The Labute approximate surface area is 203 Å². The van der Waals surface area contributed by atoms with Gasteiger partial charge in [-0.1, -0.05) is 42.5 Å². The van der Waals surface area contributed by atoms with Crippen LogP contribution >= 0.6 is 0 Å². The summed E-state index contributed by atoms with van der Waals surface area (Å²) >= 11 is 0. The molecule has 6 N–H and O–H groups in total. The molecule has 35 heavy (non-hydrogen) atoms. The molecule has 0 heterocycles. The SMILES string of the molecule is CCOC(=O)CCNC(=O)[C@H](Cc1ccc2ccccc2c1)NC(=O)Nc1ccc(C(=N)N)cc1. The first-order chi connectivity index (χ1) is 16.9. The molecule has 0 aliphatic carbocycles. The Kier molecular flexibility index (Phi) is 8.77. The van der Waals surface area contributed by atoms with Crippen molar-refractivity contribution in [1.29, 1.82) is 5.41 Å². The van der Waals surface area contributed by atoms with Gasteiger partial charge in [0.15, 0.2) is 0 Å². The highest BCUT2D eigenvalue weighted by Gasteiger charge is 2.22. The third kappa shape index (κ3) is 7.56. The number of hydrogen-bond acceptors (Lipinski definition) is 5. The molecule has 9 heteroatoms. The van der Waals surface area contributed by atoms with Crippen molar-refractivity contribution < 1.29 is 19.1 Å². The number of nitrogen functional groups attached to an aromatic ring is 1. The van der Waals surface area contributed by atoms with E-state index in [1.165, 1.54) is 0 Å². The number of urea groups is 1. The fraction of sp³-hybridized carbons (Fsp3) is 0.231. The molecule has 1 atom stereocenters. The van der Waals surface area contributed by atoms with Gasteiger partial charge in [0.2, 0.25) is 5.91 Å². The quantitative estimate of drug-likeness (QED) is 0.174. The highest BCUT2D eigenvalue weighted by molar-refractivity contribution is 5.97. The fourth-order valence-electron chi connectivity index (χ4n) is 3.51. The Morgan fingerprint density at radius 2 is 1.71 bits per heavy atom. The summed E-state index contributed by atoms with van der Waals surface area (Å²) in [5.74, 6) is -0.890. The summed E-state index contributed by atoms with van der Waals surface area (Å²) in [6.45, 7) is 2.08. The predicted octanol–water partition coefficient (Wildman–Crippen LogP) is 2.93. The third-order valence-corrected chi connectivity index (χ3v) is 5.26. The van der Waals surface area contributed by atoms with Gasteiger partial charge < -0.3 is 26.4 Å². The molecule has 0 radical (unpaired) electrons. The van der Waals surface area contributed by atoms with Crippen LogP contribution in [0.3, 0.4) is 0 Å². The van der Waals surface area contributed by atoms with E-state index >= 15 is 0 Å². The van der Waals surface area contributed by atoms with Gasteiger partial charge in [0.1, 0.15) is 11.9 Å². The van der Waals surface area contributed by atoms with Gasteiger partial charge in [-0.3, -0.25) is 15.0 Å². The number of anilines is 1. The van der Waals surface area contributed by atoms with Crippen LogP contribution in [0.2, 0.25) is 0 Å². The number of amides is 3. The van der Waals surface area contributed by atoms with Gasteiger partial charge in [0.25, 0.3) is 0 Å². The van der Waals surface area contributed by atoms with Gasteiger partial charge in [0.05, 0.1) is 13.0 Å². The second-order valence-corrected chi connectivity index (χ2v) is 7.87. The van der Waals surface area contributed by atoms with Crippen LogP contribution in [0.1, 0.15) is 24.5 Å². The lowest BCUT2D eigenvalue weighted by atomic mass is 10.0. The first-order valence-corrected chi connectivity index (χ1v) is 11.3. The first kappa shape index (κ1) is 25.2. The molecule has 0 spiro atoms. The Morgan fingerprint density at radius 1 is 1.00 bits per heavy atom. The number of rotatable bonds is 10. The van der Waals surface area contributed by atoms with E-state index in [1.54, 1.807) is 31.2 Å². The number of carbonyl (C=O) groups is 3. The monoisotopic (exact) mass is 475 g/mol. The summed E-state index contributed by atoms with van der Waals surface area (Å²) in [5.41, 5.74) is 7.35. The number of ether oxygens (including phenoxy) is 1. The van der Waals surface area contributed by atoms with Crippen molar-refractivity contribution in [2.24, 2.45) is 5.73 Å². The smallest absolute Gasteiger partial charge is 0.319 e. The molecule has 0 saturated carbocycles. The number of nitrogens with one attached hydrogen (secondary N) is 4. The number of fused-ring (bicyclic) bond motifs is 1. The average Bonchev–Trinajstić information content (AvgIpc) is 2.84. The van der Waals surface area contributed by atoms with E-state index in [9.17, 15) is 14.4 Å². The molecule has 0 aromatic heterocycles. The lowest BCUT2D eigenvalue weighted by Crippen LogP contribution is -2.49. The molecule has 0 aliphatic rings. The molecule has 3 aromatic rings. The Morgan fingerprint density at radius 3 is 2.40 bits per heavy atom. The predicted molar refractivity (Wildman–Crippen MR) is 135 cm³/mol. The number of carbonyl (C=O) groups excluding carboxylic acids is 3. The third-order valence-electron chi connectivity index (χ3n) is 5.26. The van der Waals surface area contributed by atoms with Gasteiger partial charge in [-0.05, 0) is 47.5 Å². The Balaban J connectivity index is 1.70. The zero-order chi connectivity index (χ0) is 25.2. The average molecular weight is 476 g/mol. The summed E-state index contributed by atoms with van der Waals surface area (Å²) < 4.78 is 4.88. The van der Waals surface area contributed by atoms with E-state index in [1.807, 2.05) is 42.5 Å². The molecular weight excluding hydrogens is 446 g/mol. The molecular formula is C26H29N5O4. The fourth-order valence-corrected chi connectivity index (χ4v) is 3.51. The minimum atomic E-state index is -0.880. The van der Waals surface area contributed by atoms with Crippen LogP contribution in [0.15, 0.2) is 66.7 Å². The highest BCUT2D eigenvalue weighted by atomic mass is 16.5. The van der Waals surface area contributed by atoms with Crippen LogP contribution in [-0.2, 0) is 20.7 Å². The van der Waals surface area contributed by atoms with Crippen LogP contribution in [0.25, 0.3) is 10.8 Å². The number of amidine groups is 1. The molecule has 0 bridgehead atoms. The van der Waals surface area contributed by atoms with Gasteiger partial charge in [0, 0.05) is 24.2 Å². The van der Waals surface area contributed by atoms with Crippen molar-refractivity contribution in [2.75, 3.05) is 18.5 Å². The van der Waals surface area contributed by atoms with Crippen LogP contribution in [0.5, 0.6) is 0 Å². The number of benzene rings is 3. The minimum absolute atomic E-state index is 0.0387. The normalized spacial score (nSPS) is 11.3. The first-order valence-electron chi connectivity index (χ1n) is 11.3. The lowest BCUT2D eigenvalue weighted by molar-refractivity contribution is -0.143. The number of hydrogen-bond donors (Lipinski definition) is 5.